The van der Waals surface area contributed by atoms with E-state index in [-0.39, 0.29) is 18.6 Å². The first kappa shape index (κ1) is 16.9. The molecule has 1 N–H and O–H groups in total. The number of nitriles is 1. The molecule has 1 amide bonds. The number of rotatable bonds is 7. The van der Waals surface area contributed by atoms with Gasteiger partial charge in [0.15, 0.2) is 17.5 Å². The van der Waals surface area contributed by atoms with Crippen molar-refractivity contribution in [1.29, 1.82) is 5.26 Å². The van der Waals surface area contributed by atoms with E-state index in [1.807, 2.05) is 0 Å². The molecule has 0 bridgehead atoms. The Labute approximate surface area is 127 Å². The van der Waals surface area contributed by atoms with Crippen molar-refractivity contribution in [2.75, 3.05) is 7.05 Å². The minimum Gasteiger partial charge on any atom is -0.358 e. The van der Waals surface area contributed by atoms with Crippen LogP contribution in [0.3, 0.4) is 0 Å². The van der Waals surface area contributed by atoms with Crippen molar-refractivity contribution in [1.82, 2.24) is 5.32 Å². The van der Waals surface area contributed by atoms with Gasteiger partial charge in [0, 0.05) is 30.5 Å². The Balaban J connectivity index is 2.48. The molecule has 0 saturated carbocycles. The second-order valence-corrected chi connectivity index (χ2v) is 4.86. The number of hydrogen-bond acceptors (Lipinski definition) is 4. The number of nitrogens with zero attached hydrogens (tertiary/aromatic N) is 1. The van der Waals surface area contributed by atoms with Gasteiger partial charge in [-0.05, 0) is 30.7 Å². The highest BCUT2D eigenvalue weighted by molar-refractivity contribution is 6.30. The molecular weight excluding hydrogens is 292 g/mol. The maximum atomic E-state index is 11.9. The van der Waals surface area contributed by atoms with Gasteiger partial charge in [-0.25, -0.2) is 0 Å². The Kier molecular flexibility index (Phi) is 6.57. The topological polar surface area (TPSA) is 87.0 Å². The molecule has 1 atom stereocenters. The fourth-order valence-electron chi connectivity index (χ4n) is 1.77. The van der Waals surface area contributed by atoms with Crippen LogP contribution < -0.4 is 5.32 Å². The lowest BCUT2D eigenvalue weighted by atomic mass is 9.98. The van der Waals surface area contributed by atoms with Crippen molar-refractivity contribution in [3.63, 3.8) is 0 Å². The van der Waals surface area contributed by atoms with Crippen LogP contribution in [-0.2, 0) is 9.59 Å². The lowest BCUT2D eigenvalue weighted by molar-refractivity contribution is -0.131. The molecule has 0 fully saturated rings. The summed E-state index contributed by atoms with van der Waals surface area (Å²) in [6.45, 7) is 0. The number of Topliss-reactive ketones (excluding diaryl/α,β-unsaturated/α-hetero) is 2. The molecule has 0 heterocycles. The van der Waals surface area contributed by atoms with E-state index in [2.05, 4.69) is 5.32 Å². The third-order valence-electron chi connectivity index (χ3n) is 2.95. The number of ketones is 2. The zero-order chi connectivity index (χ0) is 15.8. The molecule has 1 aromatic rings. The zero-order valence-electron chi connectivity index (χ0n) is 11.6. The number of hydrogen-bond donors (Lipinski definition) is 1. The molecule has 0 saturated heterocycles. The molecule has 0 aliphatic heterocycles. The lowest BCUT2D eigenvalue weighted by Crippen LogP contribution is -2.32. The van der Waals surface area contributed by atoms with Gasteiger partial charge in [0.25, 0.3) is 0 Å². The average molecular weight is 307 g/mol. The smallest absolute Gasteiger partial charge is 0.244 e. The van der Waals surface area contributed by atoms with Crippen LogP contribution in [0.15, 0.2) is 24.3 Å². The maximum absolute atomic E-state index is 11.9. The Morgan fingerprint density at radius 1 is 1.24 bits per heavy atom. The first-order valence-electron chi connectivity index (χ1n) is 6.42. The molecule has 1 rings (SSSR count). The first-order chi connectivity index (χ1) is 9.99. The van der Waals surface area contributed by atoms with Crippen molar-refractivity contribution >= 4 is 29.1 Å². The molecule has 0 unspecified atom stereocenters. The van der Waals surface area contributed by atoms with Gasteiger partial charge >= 0.3 is 0 Å². The zero-order valence-corrected chi connectivity index (χ0v) is 12.3. The third kappa shape index (κ3) is 5.01. The fourth-order valence-corrected chi connectivity index (χ4v) is 1.89. The van der Waals surface area contributed by atoms with E-state index in [1.165, 1.54) is 7.05 Å². The molecule has 6 heteroatoms. The molecule has 0 aliphatic rings. The van der Waals surface area contributed by atoms with E-state index < -0.39 is 17.6 Å². The fraction of sp³-hybridized carbons (Fsp3) is 0.333. The maximum Gasteiger partial charge on any atom is 0.244 e. The van der Waals surface area contributed by atoms with Crippen LogP contribution in [0.5, 0.6) is 0 Å². The molecule has 110 valence electrons. The predicted molar refractivity (Wildman–Crippen MR) is 77.8 cm³/mol. The number of halogens is 1. The number of carbonyl (C=O) groups excluding carboxylic acids is 3. The van der Waals surface area contributed by atoms with Gasteiger partial charge in [-0.1, -0.05) is 11.6 Å². The summed E-state index contributed by atoms with van der Waals surface area (Å²) in [6, 6.07) is 8.15. The normalized spacial score (nSPS) is 11.3. The van der Waals surface area contributed by atoms with Crippen molar-refractivity contribution in [3.05, 3.63) is 34.9 Å². The van der Waals surface area contributed by atoms with Crippen LogP contribution in [0.25, 0.3) is 0 Å². The van der Waals surface area contributed by atoms with Crippen LogP contribution in [0.1, 0.15) is 29.6 Å². The predicted octanol–water partition coefficient (Wildman–Crippen LogP) is 2.15. The van der Waals surface area contributed by atoms with Gasteiger partial charge < -0.3 is 5.32 Å². The Hall–Kier alpha value is -2.19. The highest BCUT2D eigenvalue weighted by Crippen LogP contribution is 2.13. The molecule has 21 heavy (non-hydrogen) atoms. The number of benzene rings is 1. The van der Waals surface area contributed by atoms with Crippen LogP contribution >= 0.6 is 11.6 Å². The Morgan fingerprint density at radius 2 is 1.86 bits per heavy atom. The molecular formula is C15H15ClN2O3. The highest BCUT2D eigenvalue weighted by atomic mass is 35.5. The summed E-state index contributed by atoms with van der Waals surface area (Å²) in [5.41, 5.74) is 0.523. The second-order valence-electron chi connectivity index (χ2n) is 4.43. The van der Waals surface area contributed by atoms with E-state index >= 15 is 0 Å². The first-order valence-corrected chi connectivity index (χ1v) is 6.80. The Bertz CT molecular complexity index is 576. The Morgan fingerprint density at radius 3 is 2.38 bits per heavy atom. The van der Waals surface area contributed by atoms with E-state index in [9.17, 15) is 14.4 Å². The summed E-state index contributed by atoms with van der Waals surface area (Å²) in [7, 11) is 1.37. The minimum absolute atomic E-state index is 0.0188. The standard InChI is InChI=1S/C15H15ClN2O3/c1-18-15(21)12(9-17)14(20)4-2-3-13(19)10-5-7-11(16)8-6-10/h5-8,12H,2-4H2,1H3,(H,18,21)/t12-/m0/s1. The van der Waals surface area contributed by atoms with E-state index in [0.29, 0.717) is 17.0 Å². The monoisotopic (exact) mass is 306 g/mol. The summed E-state index contributed by atoms with van der Waals surface area (Å²) < 4.78 is 0. The SMILES string of the molecule is CNC(=O)[C@@H](C#N)C(=O)CCCC(=O)c1ccc(Cl)cc1. The molecule has 0 spiro atoms. The lowest BCUT2D eigenvalue weighted by Gasteiger charge is -2.06. The second kappa shape index (κ2) is 8.18. The number of nitrogens with one attached hydrogen (secondary N) is 1. The van der Waals surface area contributed by atoms with Crippen molar-refractivity contribution in [2.24, 2.45) is 5.92 Å². The van der Waals surface area contributed by atoms with Crippen LogP contribution in [0, 0.1) is 17.2 Å². The summed E-state index contributed by atoms with van der Waals surface area (Å²) >= 11 is 5.73. The van der Waals surface area contributed by atoms with Crippen molar-refractivity contribution in [2.45, 2.75) is 19.3 Å². The summed E-state index contributed by atoms with van der Waals surface area (Å²) in [5, 5.41) is 11.6. The quantitative estimate of drug-likeness (QED) is 0.617. The molecule has 0 aromatic heterocycles. The van der Waals surface area contributed by atoms with Gasteiger partial charge in [0.2, 0.25) is 5.91 Å². The van der Waals surface area contributed by atoms with Gasteiger partial charge in [-0.3, -0.25) is 14.4 Å². The van der Waals surface area contributed by atoms with Crippen LogP contribution in [0.4, 0.5) is 0 Å². The van der Waals surface area contributed by atoms with Gasteiger partial charge in [0.05, 0.1) is 6.07 Å². The largest absolute Gasteiger partial charge is 0.358 e. The number of amides is 1. The van der Waals surface area contributed by atoms with Gasteiger partial charge in [0.1, 0.15) is 0 Å². The third-order valence-corrected chi connectivity index (χ3v) is 3.20. The van der Waals surface area contributed by atoms with E-state index in [0.717, 1.165) is 0 Å². The van der Waals surface area contributed by atoms with Gasteiger partial charge in [-0.2, -0.15) is 5.26 Å². The van der Waals surface area contributed by atoms with Crippen LogP contribution in [0.2, 0.25) is 5.02 Å². The highest BCUT2D eigenvalue weighted by Gasteiger charge is 2.24. The average Bonchev–Trinajstić information content (AvgIpc) is 2.48. The van der Waals surface area contributed by atoms with Gasteiger partial charge in [-0.15, -0.1) is 0 Å². The summed E-state index contributed by atoms with van der Waals surface area (Å²) in [6.07, 6.45) is 0.500. The molecule has 1 aromatic carbocycles. The number of carbonyl (C=O) groups is 3. The molecule has 0 aliphatic carbocycles. The van der Waals surface area contributed by atoms with E-state index in [4.69, 9.17) is 16.9 Å². The van der Waals surface area contributed by atoms with Crippen molar-refractivity contribution < 1.29 is 14.4 Å². The summed E-state index contributed by atoms with van der Waals surface area (Å²) in [5.74, 6) is -2.50. The summed E-state index contributed by atoms with van der Waals surface area (Å²) in [4.78, 5) is 34.9. The van der Waals surface area contributed by atoms with E-state index in [1.54, 1.807) is 30.3 Å². The van der Waals surface area contributed by atoms with Crippen LogP contribution in [-0.4, -0.2) is 24.5 Å². The van der Waals surface area contributed by atoms with Crippen molar-refractivity contribution in [3.8, 4) is 6.07 Å². The molecule has 0 radical (unpaired) electrons. The molecule has 5 nitrogen and oxygen atoms in total. The minimum atomic E-state index is -1.30.